The number of nitrogens with one attached hydrogen (secondary N) is 1. The lowest BCUT2D eigenvalue weighted by molar-refractivity contribution is 0.0915. The summed E-state index contributed by atoms with van der Waals surface area (Å²) in [5.41, 5.74) is 0.393. The lowest BCUT2D eigenvalue weighted by atomic mass is 9.89. The van der Waals surface area contributed by atoms with Gasteiger partial charge in [-0.25, -0.2) is 0 Å². The minimum atomic E-state index is 0.393. The van der Waals surface area contributed by atoms with Crippen molar-refractivity contribution in [1.29, 1.82) is 0 Å². The quantitative estimate of drug-likeness (QED) is 0.824. The molecule has 0 amide bonds. The first kappa shape index (κ1) is 14.3. The highest BCUT2D eigenvalue weighted by atomic mass is 15.2. The van der Waals surface area contributed by atoms with Crippen LogP contribution in [0.2, 0.25) is 0 Å². The van der Waals surface area contributed by atoms with Crippen LogP contribution in [0.5, 0.6) is 0 Å². The molecule has 2 heterocycles. The molecule has 0 aliphatic carbocycles. The lowest BCUT2D eigenvalue weighted by Crippen LogP contribution is -2.60. The standard InChI is InChI=1S/C15H31N3/c1-4-15(5-2)13-18(11-8-16-15)12-14-6-9-17(3)10-7-14/h14,16H,4-13H2,1-3H3. The van der Waals surface area contributed by atoms with Crippen molar-refractivity contribution in [2.45, 2.75) is 45.1 Å². The molecular weight excluding hydrogens is 222 g/mol. The molecule has 2 aliphatic rings. The van der Waals surface area contributed by atoms with Crippen LogP contribution in [0.1, 0.15) is 39.5 Å². The van der Waals surface area contributed by atoms with E-state index < -0.39 is 0 Å². The molecule has 3 heteroatoms. The van der Waals surface area contributed by atoms with E-state index in [0.29, 0.717) is 5.54 Å². The third kappa shape index (κ3) is 3.46. The fourth-order valence-corrected chi connectivity index (χ4v) is 3.53. The van der Waals surface area contributed by atoms with Gasteiger partial charge in [0, 0.05) is 31.7 Å². The zero-order valence-electron chi connectivity index (χ0n) is 12.5. The summed E-state index contributed by atoms with van der Waals surface area (Å²) in [4.78, 5) is 5.19. The van der Waals surface area contributed by atoms with Gasteiger partial charge < -0.3 is 10.2 Å². The molecule has 0 bridgehead atoms. The molecular formula is C15H31N3. The van der Waals surface area contributed by atoms with E-state index in [2.05, 4.69) is 36.0 Å². The molecule has 0 aromatic rings. The van der Waals surface area contributed by atoms with E-state index in [4.69, 9.17) is 0 Å². The van der Waals surface area contributed by atoms with Crippen molar-refractivity contribution >= 4 is 0 Å². The second kappa shape index (κ2) is 6.36. The van der Waals surface area contributed by atoms with Gasteiger partial charge in [0.05, 0.1) is 0 Å². The van der Waals surface area contributed by atoms with Gasteiger partial charge in [-0.15, -0.1) is 0 Å². The number of hydrogen-bond acceptors (Lipinski definition) is 3. The SMILES string of the molecule is CCC1(CC)CN(CC2CCN(C)CC2)CCN1. The zero-order chi connectivity index (χ0) is 13.0. The number of hydrogen-bond donors (Lipinski definition) is 1. The van der Waals surface area contributed by atoms with Gasteiger partial charge in [-0.2, -0.15) is 0 Å². The van der Waals surface area contributed by atoms with E-state index in [1.165, 1.54) is 65.0 Å². The summed E-state index contributed by atoms with van der Waals surface area (Å²) < 4.78 is 0. The first-order valence-corrected chi connectivity index (χ1v) is 7.83. The van der Waals surface area contributed by atoms with Gasteiger partial charge in [-0.05, 0) is 51.7 Å². The van der Waals surface area contributed by atoms with E-state index in [-0.39, 0.29) is 0 Å². The Kier molecular flexibility index (Phi) is 5.05. The zero-order valence-corrected chi connectivity index (χ0v) is 12.5. The van der Waals surface area contributed by atoms with Crippen LogP contribution < -0.4 is 5.32 Å². The predicted molar refractivity (Wildman–Crippen MR) is 78.0 cm³/mol. The molecule has 3 nitrogen and oxygen atoms in total. The van der Waals surface area contributed by atoms with Gasteiger partial charge in [0.25, 0.3) is 0 Å². The van der Waals surface area contributed by atoms with Crippen molar-refractivity contribution in [1.82, 2.24) is 15.1 Å². The molecule has 0 aromatic carbocycles. The van der Waals surface area contributed by atoms with Gasteiger partial charge in [-0.3, -0.25) is 4.90 Å². The van der Waals surface area contributed by atoms with Gasteiger partial charge in [0.1, 0.15) is 0 Å². The van der Waals surface area contributed by atoms with E-state index in [0.717, 1.165) is 5.92 Å². The second-order valence-electron chi connectivity index (χ2n) is 6.40. The lowest BCUT2D eigenvalue weighted by Gasteiger charge is -2.44. The molecule has 0 radical (unpaired) electrons. The molecule has 0 atom stereocenters. The fraction of sp³-hybridized carbons (Fsp3) is 1.00. The van der Waals surface area contributed by atoms with Gasteiger partial charge in [-0.1, -0.05) is 13.8 Å². The maximum Gasteiger partial charge on any atom is 0.0304 e. The van der Waals surface area contributed by atoms with Gasteiger partial charge in [0.15, 0.2) is 0 Å². The van der Waals surface area contributed by atoms with E-state index in [1.54, 1.807) is 0 Å². The summed E-state index contributed by atoms with van der Waals surface area (Å²) in [6.07, 6.45) is 5.30. The molecule has 0 saturated carbocycles. The first-order valence-electron chi connectivity index (χ1n) is 7.83. The Bertz CT molecular complexity index is 242. The molecule has 2 fully saturated rings. The third-order valence-corrected chi connectivity index (χ3v) is 5.16. The van der Waals surface area contributed by atoms with Crippen LogP contribution in [0.3, 0.4) is 0 Å². The smallest absolute Gasteiger partial charge is 0.0304 e. The van der Waals surface area contributed by atoms with E-state index in [9.17, 15) is 0 Å². The second-order valence-corrected chi connectivity index (χ2v) is 6.40. The molecule has 1 N–H and O–H groups in total. The van der Waals surface area contributed by atoms with Crippen LogP contribution in [-0.4, -0.2) is 61.7 Å². The van der Waals surface area contributed by atoms with Crippen molar-refractivity contribution in [3.63, 3.8) is 0 Å². The number of likely N-dealkylation sites (tertiary alicyclic amines) is 1. The summed E-state index contributed by atoms with van der Waals surface area (Å²) in [6.45, 7) is 12.3. The van der Waals surface area contributed by atoms with Crippen LogP contribution in [0.25, 0.3) is 0 Å². The summed E-state index contributed by atoms with van der Waals surface area (Å²) in [5.74, 6) is 0.936. The van der Waals surface area contributed by atoms with E-state index >= 15 is 0 Å². The fourth-order valence-electron chi connectivity index (χ4n) is 3.53. The number of nitrogens with zero attached hydrogens (tertiary/aromatic N) is 2. The van der Waals surface area contributed by atoms with Crippen molar-refractivity contribution in [3.8, 4) is 0 Å². The molecule has 2 rings (SSSR count). The Morgan fingerprint density at radius 1 is 1.11 bits per heavy atom. The van der Waals surface area contributed by atoms with Crippen molar-refractivity contribution in [3.05, 3.63) is 0 Å². The molecule has 2 saturated heterocycles. The highest BCUT2D eigenvalue weighted by Crippen LogP contribution is 2.23. The number of piperidine rings is 1. The summed E-state index contributed by atoms with van der Waals surface area (Å²) in [5, 5.41) is 3.76. The van der Waals surface area contributed by atoms with Crippen LogP contribution in [0.4, 0.5) is 0 Å². The van der Waals surface area contributed by atoms with Crippen LogP contribution in [0.15, 0.2) is 0 Å². The van der Waals surface area contributed by atoms with Gasteiger partial charge in [0.2, 0.25) is 0 Å². The van der Waals surface area contributed by atoms with Crippen LogP contribution in [-0.2, 0) is 0 Å². The molecule has 0 unspecified atom stereocenters. The molecule has 2 aliphatic heterocycles. The Balaban J connectivity index is 1.82. The monoisotopic (exact) mass is 253 g/mol. The first-order chi connectivity index (χ1) is 8.67. The Hall–Kier alpha value is -0.120. The molecule has 0 spiro atoms. The Morgan fingerprint density at radius 3 is 2.39 bits per heavy atom. The van der Waals surface area contributed by atoms with Crippen molar-refractivity contribution < 1.29 is 0 Å². The predicted octanol–water partition coefficient (Wildman–Crippen LogP) is 1.79. The third-order valence-electron chi connectivity index (χ3n) is 5.16. The van der Waals surface area contributed by atoms with Crippen LogP contribution >= 0.6 is 0 Å². The van der Waals surface area contributed by atoms with Crippen LogP contribution in [0, 0.1) is 5.92 Å². The maximum atomic E-state index is 3.76. The van der Waals surface area contributed by atoms with Crippen molar-refractivity contribution in [2.24, 2.45) is 5.92 Å². The highest BCUT2D eigenvalue weighted by Gasteiger charge is 2.32. The number of rotatable bonds is 4. The minimum absolute atomic E-state index is 0.393. The molecule has 0 aromatic heterocycles. The summed E-state index contributed by atoms with van der Waals surface area (Å²) in [6, 6.07) is 0. The Labute approximate surface area is 113 Å². The van der Waals surface area contributed by atoms with Gasteiger partial charge >= 0.3 is 0 Å². The molecule has 18 heavy (non-hydrogen) atoms. The average molecular weight is 253 g/mol. The minimum Gasteiger partial charge on any atom is -0.309 e. The highest BCUT2D eigenvalue weighted by molar-refractivity contribution is 4.93. The normalized spacial score (nSPS) is 27.5. The van der Waals surface area contributed by atoms with Crippen molar-refractivity contribution in [2.75, 3.05) is 46.3 Å². The maximum absolute atomic E-state index is 3.76. The largest absolute Gasteiger partial charge is 0.309 e. The Morgan fingerprint density at radius 2 is 1.78 bits per heavy atom. The molecule has 106 valence electrons. The summed E-state index contributed by atoms with van der Waals surface area (Å²) in [7, 11) is 2.25. The number of piperazine rings is 1. The van der Waals surface area contributed by atoms with E-state index in [1.807, 2.05) is 0 Å². The average Bonchev–Trinajstić information content (AvgIpc) is 2.41. The summed E-state index contributed by atoms with van der Waals surface area (Å²) >= 11 is 0. The topological polar surface area (TPSA) is 18.5 Å².